The first-order valence-electron chi connectivity index (χ1n) is 6.53. The van der Waals surface area contributed by atoms with Gasteiger partial charge in [-0.05, 0) is 43.9 Å². The van der Waals surface area contributed by atoms with E-state index in [0.29, 0.717) is 6.04 Å². The summed E-state index contributed by atoms with van der Waals surface area (Å²) in [5.74, 6) is 0. The van der Waals surface area contributed by atoms with E-state index in [1.807, 2.05) is 12.1 Å². The maximum Gasteiger partial charge on any atom is 0.101 e. The van der Waals surface area contributed by atoms with Gasteiger partial charge in [0.1, 0.15) is 6.07 Å². The lowest BCUT2D eigenvalue weighted by molar-refractivity contribution is 0.712. The fourth-order valence-corrected chi connectivity index (χ4v) is 2.19. The Hall–Kier alpha value is -1.49. The number of aryl methyl sites for hydroxylation is 1. The normalized spacial score (nSPS) is 14.4. The molecule has 1 aromatic carbocycles. The molecule has 0 radical (unpaired) electrons. The van der Waals surface area contributed by atoms with Crippen LogP contribution in [0.2, 0.25) is 0 Å². The number of anilines is 1. The lowest BCUT2D eigenvalue weighted by Crippen LogP contribution is -2.27. The molecule has 1 saturated carbocycles. The first kappa shape index (κ1) is 12.0. The highest BCUT2D eigenvalue weighted by molar-refractivity contribution is 5.61. The Bertz CT molecular complexity index is 427. The number of unbranched alkanes of at least 4 members (excludes halogenated alkanes) is 1. The van der Waals surface area contributed by atoms with Gasteiger partial charge in [0.15, 0.2) is 0 Å². The first-order chi connectivity index (χ1) is 8.26. The number of benzene rings is 1. The number of hydrogen-bond acceptors (Lipinski definition) is 2. The SMILES string of the molecule is CCCCN(c1cc(C)ccc1C#N)C1CC1. The van der Waals surface area contributed by atoms with E-state index >= 15 is 0 Å². The van der Waals surface area contributed by atoms with Crippen LogP contribution in [0.15, 0.2) is 18.2 Å². The van der Waals surface area contributed by atoms with E-state index in [1.54, 1.807) is 0 Å². The summed E-state index contributed by atoms with van der Waals surface area (Å²) in [4.78, 5) is 2.44. The third-order valence-electron chi connectivity index (χ3n) is 3.32. The quantitative estimate of drug-likeness (QED) is 0.769. The molecule has 2 nitrogen and oxygen atoms in total. The minimum atomic E-state index is 0.676. The van der Waals surface area contributed by atoms with Gasteiger partial charge in [-0.1, -0.05) is 19.4 Å². The molecule has 17 heavy (non-hydrogen) atoms. The van der Waals surface area contributed by atoms with Crippen LogP contribution in [0.5, 0.6) is 0 Å². The average Bonchev–Trinajstić information content (AvgIpc) is 3.14. The molecule has 0 spiro atoms. The zero-order valence-corrected chi connectivity index (χ0v) is 10.7. The lowest BCUT2D eigenvalue weighted by Gasteiger charge is -2.26. The van der Waals surface area contributed by atoms with Crippen LogP contribution in [0.1, 0.15) is 43.7 Å². The molecule has 0 heterocycles. The van der Waals surface area contributed by atoms with Gasteiger partial charge in [-0.3, -0.25) is 0 Å². The number of rotatable bonds is 5. The van der Waals surface area contributed by atoms with Crippen molar-refractivity contribution in [2.75, 3.05) is 11.4 Å². The van der Waals surface area contributed by atoms with Gasteiger partial charge in [-0.15, -0.1) is 0 Å². The summed E-state index contributed by atoms with van der Waals surface area (Å²) in [6.07, 6.45) is 4.97. The van der Waals surface area contributed by atoms with Crippen LogP contribution in [-0.4, -0.2) is 12.6 Å². The second-order valence-corrected chi connectivity index (χ2v) is 4.91. The summed E-state index contributed by atoms with van der Waals surface area (Å²) in [5, 5.41) is 9.21. The standard InChI is InChI=1S/C15H20N2/c1-3-4-9-17(14-7-8-14)15-10-12(2)5-6-13(15)11-16/h5-6,10,14H,3-4,7-9H2,1-2H3. The molecular formula is C15H20N2. The Labute approximate surface area is 104 Å². The number of hydrogen-bond donors (Lipinski definition) is 0. The van der Waals surface area contributed by atoms with Crippen molar-refractivity contribution in [1.29, 1.82) is 5.26 Å². The molecule has 1 fully saturated rings. The summed E-state index contributed by atoms with van der Waals surface area (Å²) in [6.45, 7) is 5.39. The van der Waals surface area contributed by atoms with Gasteiger partial charge < -0.3 is 4.90 Å². The van der Waals surface area contributed by atoms with Crippen molar-refractivity contribution < 1.29 is 0 Å². The van der Waals surface area contributed by atoms with Gasteiger partial charge in [-0.2, -0.15) is 5.26 Å². The predicted octanol–water partition coefficient (Wildman–Crippen LogP) is 3.64. The Morgan fingerprint density at radius 1 is 1.41 bits per heavy atom. The van der Waals surface area contributed by atoms with Gasteiger partial charge in [-0.25, -0.2) is 0 Å². The van der Waals surface area contributed by atoms with Gasteiger partial charge in [0, 0.05) is 12.6 Å². The summed E-state index contributed by atoms with van der Waals surface area (Å²) in [7, 11) is 0. The van der Waals surface area contributed by atoms with Crippen molar-refractivity contribution in [1.82, 2.24) is 0 Å². The molecule has 1 aliphatic rings. The monoisotopic (exact) mass is 228 g/mol. The molecule has 90 valence electrons. The summed E-state index contributed by atoms with van der Waals surface area (Å²) >= 11 is 0. The van der Waals surface area contributed by atoms with Gasteiger partial charge in [0.2, 0.25) is 0 Å². The third kappa shape index (κ3) is 2.79. The van der Waals surface area contributed by atoms with Crippen LogP contribution in [0, 0.1) is 18.3 Å². The molecule has 0 saturated heterocycles. The Morgan fingerprint density at radius 2 is 2.18 bits per heavy atom. The highest BCUT2D eigenvalue weighted by Gasteiger charge is 2.30. The van der Waals surface area contributed by atoms with Crippen molar-refractivity contribution in [3.8, 4) is 6.07 Å². The van der Waals surface area contributed by atoms with Crippen LogP contribution in [0.25, 0.3) is 0 Å². The average molecular weight is 228 g/mol. The highest BCUT2D eigenvalue weighted by Crippen LogP contribution is 2.34. The lowest BCUT2D eigenvalue weighted by atomic mass is 10.1. The number of nitrogens with zero attached hydrogens (tertiary/aromatic N) is 2. The molecule has 1 aromatic rings. The maximum absolute atomic E-state index is 9.21. The van der Waals surface area contributed by atoms with E-state index in [4.69, 9.17) is 0 Å². The zero-order chi connectivity index (χ0) is 12.3. The van der Waals surface area contributed by atoms with Crippen LogP contribution in [0.3, 0.4) is 0 Å². The first-order valence-corrected chi connectivity index (χ1v) is 6.53. The topological polar surface area (TPSA) is 27.0 Å². The Morgan fingerprint density at radius 3 is 2.76 bits per heavy atom. The maximum atomic E-state index is 9.21. The van der Waals surface area contributed by atoms with Crippen molar-refractivity contribution >= 4 is 5.69 Å². The second kappa shape index (κ2) is 5.23. The van der Waals surface area contributed by atoms with Crippen molar-refractivity contribution in [2.45, 2.75) is 45.6 Å². The van der Waals surface area contributed by atoms with E-state index in [0.717, 1.165) is 17.8 Å². The molecule has 1 aliphatic carbocycles. The molecule has 0 aromatic heterocycles. The van der Waals surface area contributed by atoms with Crippen LogP contribution in [-0.2, 0) is 0 Å². The Kier molecular flexibility index (Phi) is 3.68. The van der Waals surface area contributed by atoms with Crippen molar-refractivity contribution in [2.24, 2.45) is 0 Å². The highest BCUT2D eigenvalue weighted by atomic mass is 15.2. The van der Waals surface area contributed by atoms with E-state index in [9.17, 15) is 5.26 Å². The van der Waals surface area contributed by atoms with Gasteiger partial charge in [0.25, 0.3) is 0 Å². The summed E-state index contributed by atoms with van der Waals surface area (Å²) < 4.78 is 0. The molecule has 0 unspecified atom stereocenters. The van der Waals surface area contributed by atoms with Gasteiger partial charge in [0.05, 0.1) is 11.3 Å². The van der Waals surface area contributed by atoms with E-state index in [2.05, 4.69) is 30.9 Å². The number of nitriles is 1. The van der Waals surface area contributed by atoms with Crippen LogP contribution < -0.4 is 4.90 Å². The zero-order valence-electron chi connectivity index (χ0n) is 10.7. The molecule has 0 aliphatic heterocycles. The predicted molar refractivity (Wildman–Crippen MR) is 71.2 cm³/mol. The van der Waals surface area contributed by atoms with E-state index < -0.39 is 0 Å². The van der Waals surface area contributed by atoms with E-state index in [1.165, 1.54) is 31.2 Å². The fraction of sp³-hybridized carbons (Fsp3) is 0.533. The molecule has 0 N–H and O–H groups in total. The molecular weight excluding hydrogens is 208 g/mol. The Balaban J connectivity index is 2.27. The van der Waals surface area contributed by atoms with Crippen molar-refractivity contribution in [3.05, 3.63) is 29.3 Å². The smallest absolute Gasteiger partial charge is 0.101 e. The molecule has 0 bridgehead atoms. The van der Waals surface area contributed by atoms with Crippen LogP contribution >= 0.6 is 0 Å². The minimum Gasteiger partial charge on any atom is -0.367 e. The second-order valence-electron chi connectivity index (χ2n) is 4.91. The van der Waals surface area contributed by atoms with Crippen molar-refractivity contribution in [3.63, 3.8) is 0 Å². The van der Waals surface area contributed by atoms with Crippen LogP contribution in [0.4, 0.5) is 5.69 Å². The summed E-state index contributed by atoms with van der Waals surface area (Å²) in [5.41, 5.74) is 3.20. The molecule has 0 amide bonds. The van der Waals surface area contributed by atoms with Gasteiger partial charge >= 0.3 is 0 Å². The largest absolute Gasteiger partial charge is 0.367 e. The fourth-order valence-electron chi connectivity index (χ4n) is 2.19. The minimum absolute atomic E-state index is 0.676. The molecule has 2 heteroatoms. The third-order valence-corrected chi connectivity index (χ3v) is 3.32. The molecule has 0 atom stereocenters. The molecule has 2 rings (SSSR count). The summed E-state index contributed by atoms with van der Waals surface area (Å²) in [6, 6.07) is 9.13. The van der Waals surface area contributed by atoms with E-state index in [-0.39, 0.29) is 0 Å².